The predicted octanol–water partition coefficient (Wildman–Crippen LogP) is 0.733. The van der Waals surface area contributed by atoms with E-state index in [1.807, 2.05) is 11.9 Å². The quantitative estimate of drug-likeness (QED) is 0.772. The first-order valence-electron chi connectivity index (χ1n) is 5.09. The number of carboxylic acid groups (broad SMARTS) is 1. The fourth-order valence-corrected chi connectivity index (χ4v) is 1.92. The van der Waals surface area contributed by atoms with Crippen molar-refractivity contribution in [1.82, 2.24) is 0 Å². The second-order valence-corrected chi connectivity index (χ2v) is 3.91. The number of hydrogen-bond acceptors (Lipinski definition) is 4. The lowest BCUT2D eigenvalue weighted by atomic mass is 10.1. The summed E-state index contributed by atoms with van der Waals surface area (Å²) in [4.78, 5) is 14.5. The Morgan fingerprint density at radius 2 is 2.12 bits per heavy atom. The van der Waals surface area contributed by atoms with Crippen LogP contribution in [-0.2, 0) is 4.79 Å². The molecule has 1 aromatic carbocycles. The predicted molar refractivity (Wildman–Crippen MR) is 61.2 cm³/mol. The summed E-state index contributed by atoms with van der Waals surface area (Å²) in [6, 6.07) is 4.99. The molecule has 5 heteroatoms. The van der Waals surface area contributed by atoms with Gasteiger partial charge in [-0.25, -0.2) is 0 Å². The number of rotatable bonds is 2. The SMILES string of the molecule is CN1CCN(CC(=O)O)c2ccc(O)cc21. The molecule has 86 valence electrons. The lowest BCUT2D eigenvalue weighted by Gasteiger charge is -2.36. The molecule has 1 aromatic rings. The van der Waals surface area contributed by atoms with E-state index in [-0.39, 0.29) is 12.3 Å². The molecule has 0 aliphatic carbocycles. The normalized spacial score (nSPS) is 14.8. The van der Waals surface area contributed by atoms with Crippen LogP contribution in [0.25, 0.3) is 0 Å². The summed E-state index contributed by atoms with van der Waals surface area (Å²) >= 11 is 0. The highest BCUT2D eigenvalue weighted by Gasteiger charge is 2.21. The molecule has 2 N–H and O–H groups in total. The molecule has 1 heterocycles. The zero-order valence-electron chi connectivity index (χ0n) is 9.05. The van der Waals surface area contributed by atoms with Gasteiger partial charge in [-0.3, -0.25) is 4.79 Å². The fourth-order valence-electron chi connectivity index (χ4n) is 1.92. The van der Waals surface area contributed by atoms with E-state index in [0.29, 0.717) is 6.54 Å². The number of carboxylic acids is 1. The Morgan fingerprint density at radius 1 is 1.38 bits per heavy atom. The van der Waals surface area contributed by atoms with Crippen molar-refractivity contribution < 1.29 is 15.0 Å². The van der Waals surface area contributed by atoms with Gasteiger partial charge >= 0.3 is 5.97 Å². The van der Waals surface area contributed by atoms with Gasteiger partial charge in [-0.2, -0.15) is 0 Å². The van der Waals surface area contributed by atoms with E-state index < -0.39 is 5.97 Å². The van der Waals surface area contributed by atoms with Crippen molar-refractivity contribution in [3.05, 3.63) is 18.2 Å². The first kappa shape index (κ1) is 10.6. The number of aliphatic carboxylic acids is 1. The van der Waals surface area contributed by atoms with Crippen LogP contribution in [0.2, 0.25) is 0 Å². The van der Waals surface area contributed by atoms with Crippen molar-refractivity contribution in [2.24, 2.45) is 0 Å². The van der Waals surface area contributed by atoms with Crippen LogP contribution in [0, 0.1) is 0 Å². The van der Waals surface area contributed by atoms with Gasteiger partial charge in [0.05, 0.1) is 11.4 Å². The third-order valence-corrected chi connectivity index (χ3v) is 2.74. The van der Waals surface area contributed by atoms with E-state index in [0.717, 1.165) is 17.9 Å². The zero-order chi connectivity index (χ0) is 11.7. The van der Waals surface area contributed by atoms with Crippen LogP contribution in [0.5, 0.6) is 5.75 Å². The van der Waals surface area contributed by atoms with Crippen LogP contribution in [-0.4, -0.2) is 42.9 Å². The van der Waals surface area contributed by atoms with Crippen LogP contribution in [0.15, 0.2) is 18.2 Å². The Labute approximate surface area is 93.5 Å². The van der Waals surface area contributed by atoms with Gasteiger partial charge in [-0.15, -0.1) is 0 Å². The van der Waals surface area contributed by atoms with E-state index >= 15 is 0 Å². The third kappa shape index (κ3) is 1.88. The van der Waals surface area contributed by atoms with Gasteiger partial charge in [0.25, 0.3) is 0 Å². The third-order valence-electron chi connectivity index (χ3n) is 2.74. The van der Waals surface area contributed by atoms with Crippen molar-refractivity contribution in [2.75, 3.05) is 36.5 Å². The minimum Gasteiger partial charge on any atom is -0.508 e. The van der Waals surface area contributed by atoms with E-state index in [1.54, 1.807) is 23.1 Å². The standard InChI is InChI=1S/C11H14N2O3/c1-12-4-5-13(7-11(15)16)9-3-2-8(14)6-10(9)12/h2-3,6,14H,4-5,7H2,1H3,(H,15,16). The van der Waals surface area contributed by atoms with Crippen molar-refractivity contribution in [3.8, 4) is 5.75 Å². The Balaban J connectivity index is 2.36. The summed E-state index contributed by atoms with van der Waals surface area (Å²) in [5, 5.41) is 18.2. The maximum absolute atomic E-state index is 10.7. The number of phenols is 1. The Morgan fingerprint density at radius 3 is 2.81 bits per heavy atom. The number of anilines is 2. The molecule has 1 aliphatic heterocycles. The molecular formula is C11H14N2O3. The second kappa shape index (κ2) is 3.92. The van der Waals surface area contributed by atoms with Crippen molar-refractivity contribution in [2.45, 2.75) is 0 Å². The van der Waals surface area contributed by atoms with Crippen LogP contribution in [0.4, 0.5) is 11.4 Å². The molecule has 0 saturated carbocycles. The van der Waals surface area contributed by atoms with E-state index in [2.05, 4.69) is 0 Å². The molecule has 0 unspecified atom stereocenters. The zero-order valence-corrected chi connectivity index (χ0v) is 9.05. The summed E-state index contributed by atoms with van der Waals surface area (Å²) < 4.78 is 0. The van der Waals surface area contributed by atoms with Crippen LogP contribution in [0.1, 0.15) is 0 Å². The number of benzene rings is 1. The van der Waals surface area contributed by atoms with E-state index in [4.69, 9.17) is 5.11 Å². The van der Waals surface area contributed by atoms with Gasteiger partial charge < -0.3 is 20.0 Å². The number of nitrogens with zero attached hydrogens (tertiary/aromatic N) is 2. The number of hydrogen-bond donors (Lipinski definition) is 2. The highest BCUT2D eigenvalue weighted by atomic mass is 16.4. The maximum atomic E-state index is 10.7. The van der Waals surface area contributed by atoms with Crippen molar-refractivity contribution >= 4 is 17.3 Å². The van der Waals surface area contributed by atoms with Gasteiger partial charge in [-0.1, -0.05) is 0 Å². The molecule has 16 heavy (non-hydrogen) atoms. The average Bonchev–Trinajstić information content (AvgIpc) is 2.22. The maximum Gasteiger partial charge on any atom is 0.323 e. The molecule has 0 bridgehead atoms. The van der Waals surface area contributed by atoms with Crippen LogP contribution >= 0.6 is 0 Å². The summed E-state index contributed by atoms with van der Waals surface area (Å²) in [7, 11) is 1.93. The average molecular weight is 222 g/mol. The molecule has 0 saturated heterocycles. The largest absolute Gasteiger partial charge is 0.508 e. The number of aromatic hydroxyl groups is 1. The molecular weight excluding hydrogens is 208 g/mol. The summed E-state index contributed by atoms with van der Waals surface area (Å²) in [5.74, 6) is -0.647. The van der Waals surface area contributed by atoms with Gasteiger partial charge in [0.1, 0.15) is 12.3 Å². The Kier molecular flexibility index (Phi) is 2.60. The molecule has 2 rings (SSSR count). The monoisotopic (exact) mass is 222 g/mol. The number of carbonyl (C=O) groups is 1. The number of phenolic OH excluding ortho intramolecular Hbond substituents is 1. The molecule has 0 atom stereocenters. The summed E-state index contributed by atoms with van der Waals surface area (Å²) in [5.41, 5.74) is 1.72. The van der Waals surface area contributed by atoms with Crippen LogP contribution in [0.3, 0.4) is 0 Å². The summed E-state index contributed by atoms with van der Waals surface area (Å²) in [6.07, 6.45) is 0. The molecule has 5 nitrogen and oxygen atoms in total. The van der Waals surface area contributed by atoms with Gasteiger partial charge in [-0.05, 0) is 12.1 Å². The Bertz CT molecular complexity index is 420. The highest BCUT2D eigenvalue weighted by molar-refractivity contribution is 5.80. The molecule has 0 aromatic heterocycles. The molecule has 0 spiro atoms. The van der Waals surface area contributed by atoms with Gasteiger partial charge in [0, 0.05) is 26.2 Å². The molecule has 0 amide bonds. The Hall–Kier alpha value is -1.91. The number of fused-ring (bicyclic) bond motifs is 1. The topological polar surface area (TPSA) is 64.0 Å². The first-order valence-corrected chi connectivity index (χ1v) is 5.09. The van der Waals surface area contributed by atoms with Gasteiger partial charge in [0.2, 0.25) is 0 Å². The van der Waals surface area contributed by atoms with E-state index in [9.17, 15) is 9.90 Å². The lowest BCUT2D eigenvalue weighted by molar-refractivity contribution is -0.135. The molecule has 0 fully saturated rings. The smallest absolute Gasteiger partial charge is 0.323 e. The minimum absolute atomic E-state index is 0.00832. The number of likely N-dealkylation sites (N-methyl/N-ethyl adjacent to an activating group) is 1. The van der Waals surface area contributed by atoms with Crippen molar-refractivity contribution in [1.29, 1.82) is 0 Å². The summed E-state index contributed by atoms with van der Waals surface area (Å²) in [6.45, 7) is 1.43. The van der Waals surface area contributed by atoms with E-state index in [1.165, 1.54) is 0 Å². The fraction of sp³-hybridized carbons (Fsp3) is 0.364. The second-order valence-electron chi connectivity index (χ2n) is 3.91. The minimum atomic E-state index is -0.844. The van der Waals surface area contributed by atoms with Crippen LogP contribution < -0.4 is 9.80 Å². The lowest BCUT2D eigenvalue weighted by Crippen LogP contribution is -2.41. The first-order chi connectivity index (χ1) is 7.58. The van der Waals surface area contributed by atoms with Crippen molar-refractivity contribution in [3.63, 3.8) is 0 Å². The molecule has 0 radical (unpaired) electrons. The van der Waals surface area contributed by atoms with Gasteiger partial charge in [0.15, 0.2) is 0 Å². The molecule has 1 aliphatic rings. The highest BCUT2D eigenvalue weighted by Crippen LogP contribution is 2.34.